The maximum atomic E-state index is 11.1. The zero-order valence-electron chi connectivity index (χ0n) is 16.4. The van der Waals surface area contributed by atoms with Crippen molar-refractivity contribution in [2.75, 3.05) is 0 Å². The van der Waals surface area contributed by atoms with Gasteiger partial charge in [0.15, 0.2) is 0 Å². The van der Waals surface area contributed by atoms with Crippen LogP contribution in [0.2, 0.25) is 0 Å². The van der Waals surface area contributed by atoms with Crippen LogP contribution in [0.3, 0.4) is 0 Å². The van der Waals surface area contributed by atoms with Crippen LogP contribution in [0, 0.1) is 34.5 Å². The molecule has 0 radical (unpaired) electrons. The Morgan fingerprint density at radius 3 is 2.64 bits per heavy atom. The van der Waals surface area contributed by atoms with Gasteiger partial charge in [-0.05, 0) is 98.4 Å². The number of fused-ring (bicyclic) bond motifs is 6. The lowest BCUT2D eigenvalue weighted by molar-refractivity contribution is -0.139. The first-order valence-corrected chi connectivity index (χ1v) is 10.5. The number of aryl methyl sites for hydroxylation is 1. The van der Waals surface area contributed by atoms with Gasteiger partial charge in [-0.2, -0.15) is 5.10 Å². The molecule has 4 aliphatic rings. The highest BCUT2D eigenvalue weighted by atomic mass is 16.3. The van der Waals surface area contributed by atoms with E-state index in [1.807, 2.05) is 4.68 Å². The van der Waals surface area contributed by atoms with Crippen LogP contribution in [-0.2, 0) is 19.9 Å². The van der Waals surface area contributed by atoms with Gasteiger partial charge in [0.1, 0.15) is 0 Å². The Morgan fingerprint density at radius 2 is 1.84 bits per heavy atom. The predicted molar refractivity (Wildman–Crippen MR) is 99.1 cm³/mol. The highest BCUT2D eigenvalue weighted by Gasteiger charge is 2.63. The van der Waals surface area contributed by atoms with Gasteiger partial charge >= 0.3 is 0 Å². The Balaban J connectivity index is 1.50. The summed E-state index contributed by atoms with van der Waals surface area (Å²) < 4.78 is 2.02. The van der Waals surface area contributed by atoms with E-state index >= 15 is 0 Å². The summed E-state index contributed by atoms with van der Waals surface area (Å²) >= 11 is 0. The van der Waals surface area contributed by atoms with E-state index in [9.17, 15) is 5.11 Å². The number of aromatic nitrogens is 2. The Kier molecular flexibility index (Phi) is 3.21. The van der Waals surface area contributed by atoms with E-state index in [0.29, 0.717) is 5.41 Å². The van der Waals surface area contributed by atoms with E-state index in [1.54, 1.807) is 0 Å². The molecule has 5 rings (SSSR count). The molecule has 1 aromatic rings. The summed E-state index contributed by atoms with van der Waals surface area (Å²) in [4.78, 5) is 0. The van der Waals surface area contributed by atoms with Gasteiger partial charge in [0.25, 0.3) is 0 Å². The SMILES string of the molecule is Cn1cc2c(n1)CC1CC[C@@H]3[C@H](CC[C@@]4(C)[C@H]3CC[C@]4(C)O)[C@@]1(C)C2. The van der Waals surface area contributed by atoms with E-state index in [2.05, 4.69) is 34.0 Å². The van der Waals surface area contributed by atoms with Crippen molar-refractivity contribution < 1.29 is 5.11 Å². The van der Waals surface area contributed by atoms with Crippen LogP contribution in [0.4, 0.5) is 0 Å². The molecule has 0 aliphatic heterocycles. The molecule has 3 heteroatoms. The second kappa shape index (κ2) is 4.91. The van der Waals surface area contributed by atoms with E-state index in [4.69, 9.17) is 5.10 Å². The van der Waals surface area contributed by atoms with E-state index in [-0.39, 0.29) is 5.41 Å². The first-order chi connectivity index (χ1) is 11.7. The van der Waals surface area contributed by atoms with Crippen molar-refractivity contribution >= 4 is 0 Å². The van der Waals surface area contributed by atoms with Gasteiger partial charge in [-0.1, -0.05) is 13.8 Å². The molecule has 4 aliphatic carbocycles. The van der Waals surface area contributed by atoms with Crippen LogP contribution in [-0.4, -0.2) is 20.5 Å². The molecule has 0 spiro atoms. The lowest BCUT2D eigenvalue weighted by Gasteiger charge is -2.60. The Bertz CT molecular complexity index is 707. The Labute approximate surface area is 152 Å². The highest BCUT2D eigenvalue weighted by molar-refractivity contribution is 5.26. The largest absolute Gasteiger partial charge is 0.390 e. The molecule has 1 unspecified atom stereocenters. The lowest BCUT2D eigenvalue weighted by Crippen LogP contribution is -2.56. The van der Waals surface area contributed by atoms with Crippen molar-refractivity contribution in [3.63, 3.8) is 0 Å². The monoisotopic (exact) mass is 342 g/mol. The Morgan fingerprint density at radius 1 is 1.08 bits per heavy atom. The zero-order valence-corrected chi connectivity index (χ0v) is 16.4. The van der Waals surface area contributed by atoms with Crippen LogP contribution in [0.25, 0.3) is 0 Å². The smallest absolute Gasteiger partial charge is 0.0675 e. The molecule has 1 N–H and O–H groups in total. The predicted octanol–water partition coefficient (Wildman–Crippen LogP) is 4.13. The summed E-state index contributed by atoms with van der Waals surface area (Å²) in [5, 5.41) is 15.8. The second-order valence-electron chi connectivity index (χ2n) is 10.6. The standard InChI is InChI=1S/C22H34N2O/c1-20-12-14-13-24(4)23-19(14)11-15(20)5-6-16-17(20)7-9-21(2)18(16)8-10-22(21,3)25/h13,15-18,25H,5-12H2,1-4H3/t15?,16-,17+,18+,20+,21+,22+/m1/s1. The average Bonchev–Trinajstić information content (AvgIpc) is 3.00. The molecule has 0 saturated heterocycles. The van der Waals surface area contributed by atoms with Crippen LogP contribution < -0.4 is 0 Å². The molecule has 0 aromatic carbocycles. The molecule has 25 heavy (non-hydrogen) atoms. The summed E-state index contributed by atoms with van der Waals surface area (Å²) in [6, 6.07) is 0. The summed E-state index contributed by atoms with van der Waals surface area (Å²) in [7, 11) is 2.07. The summed E-state index contributed by atoms with van der Waals surface area (Å²) in [5.41, 5.74) is 3.01. The van der Waals surface area contributed by atoms with E-state index in [1.165, 1.54) is 56.2 Å². The minimum absolute atomic E-state index is 0.144. The maximum absolute atomic E-state index is 11.1. The molecule has 1 aromatic heterocycles. The molecule has 0 amide bonds. The van der Waals surface area contributed by atoms with Crippen molar-refractivity contribution in [1.82, 2.24) is 9.78 Å². The summed E-state index contributed by atoms with van der Waals surface area (Å²) in [5.74, 6) is 3.20. The van der Waals surface area contributed by atoms with Gasteiger partial charge in [-0.3, -0.25) is 4.68 Å². The number of rotatable bonds is 0. The molecule has 3 fully saturated rings. The summed E-state index contributed by atoms with van der Waals surface area (Å²) in [6.45, 7) is 7.11. The fourth-order valence-electron chi connectivity index (χ4n) is 7.94. The van der Waals surface area contributed by atoms with Crippen molar-refractivity contribution in [2.45, 2.75) is 77.7 Å². The van der Waals surface area contributed by atoms with Gasteiger partial charge in [-0.15, -0.1) is 0 Å². The van der Waals surface area contributed by atoms with Crippen molar-refractivity contribution in [3.05, 3.63) is 17.5 Å². The third-order valence-corrected chi connectivity index (χ3v) is 9.63. The topological polar surface area (TPSA) is 38.0 Å². The first-order valence-electron chi connectivity index (χ1n) is 10.5. The lowest BCUT2D eigenvalue weighted by atomic mass is 9.44. The van der Waals surface area contributed by atoms with Gasteiger partial charge in [0.05, 0.1) is 11.3 Å². The van der Waals surface area contributed by atoms with E-state index < -0.39 is 5.60 Å². The third-order valence-electron chi connectivity index (χ3n) is 9.63. The van der Waals surface area contributed by atoms with Crippen molar-refractivity contribution in [2.24, 2.45) is 41.5 Å². The van der Waals surface area contributed by atoms with Crippen LogP contribution in [0.15, 0.2) is 6.20 Å². The number of nitrogens with zero attached hydrogens (tertiary/aromatic N) is 2. The first kappa shape index (κ1) is 16.4. The third kappa shape index (κ3) is 1.99. The molecule has 7 atom stereocenters. The fourth-order valence-corrected chi connectivity index (χ4v) is 7.94. The Hall–Kier alpha value is -0.830. The number of hydrogen-bond donors (Lipinski definition) is 1. The van der Waals surface area contributed by atoms with Crippen LogP contribution in [0.5, 0.6) is 0 Å². The van der Waals surface area contributed by atoms with E-state index in [0.717, 1.165) is 30.1 Å². The highest BCUT2D eigenvalue weighted by Crippen LogP contribution is 2.67. The summed E-state index contributed by atoms with van der Waals surface area (Å²) in [6.07, 6.45) is 12.2. The number of hydrogen-bond acceptors (Lipinski definition) is 2. The number of aliphatic hydroxyl groups is 1. The molecular formula is C22H34N2O. The normalized spacial score (nSPS) is 51.4. The molecule has 3 nitrogen and oxygen atoms in total. The second-order valence-corrected chi connectivity index (χ2v) is 10.6. The van der Waals surface area contributed by atoms with Crippen molar-refractivity contribution in [1.29, 1.82) is 0 Å². The van der Waals surface area contributed by atoms with Gasteiger partial charge in [0, 0.05) is 13.2 Å². The fraction of sp³-hybridized carbons (Fsp3) is 0.864. The maximum Gasteiger partial charge on any atom is 0.0675 e. The minimum Gasteiger partial charge on any atom is -0.390 e. The zero-order chi connectivity index (χ0) is 17.6. The van der Waals surface area contributed by atoms with Crippen molar-refractivity contribution in [3.8, 4) is 0 Å². The van der Waals surface area contributed by atoms with Crippen LogP contribution >= 0.6 is 0 Å². The van der Waals surface area contributed by atoms with Gasteiger partial charge in [0.2, 0.25) is 0 Å². The van der Waals surface area contributed by atoms with Gasteiger partial charge < -0.3 is 5.11 Å². The van der Waals surface area contributed by atoms with Crippen LogP contribution in [0.1, 0.15) is 70.6 Å². The molecule has 3 saturated carbocycles. The molecule has 138 valence electrons. The minimum atomic E-state index is -0.455. The quantitative estimate of drug-likeness (QED) is 0.770. The van der Waals surface area contributed by atoms with Gasteiger partial charge in [-0.25, -0.2) is 0 Å². The average molecular weight is 343 g/mol. The molecule has 1 heterocycles. The molecule has 0 bridgehead atoms. The molecular weight excluding hydrogens is 308 g/mol.